The molecule has 0 aromatic heterocycles. The zero-order valence-electron chi connectivity index (χ0n) is 17.5. The second kappa shape index (κ2) is 10.1. The lowest BCUT2D eigenvalue weighted by atomic mass is 9.83. The maximum atomic E-state index is 13.4. The quantitative estimate of drug-likeness (QED) is 0.647. The van der Waals surface area contributed by atoms with Gasteiger partial charge in [0, 0.05) is 42.1 Å². The van der Waals surface area contributed by atoms with Crippen LogP contribution in [0.1, 0.15) is 37.2 Å². The summed E-state index contributed by atoms with van der Waals surface area (Å²) in [4.78, 5) is 26.9. The molecule has 2 fully saturated rings. The van der Waals surface area contributed by atoms with Gasteiger partial charge in [-0.1, -0.05) is 35.3 Å². The number of amides is 2. The third kappa shape index (κ3) is 5.54. The molecular weight excluding hydrogens is 454 g/mol. The first-order chi connectivity index (χ1) is 15.4. The van der Waals surface area contributed by atoms with Crippen LogP contribution in [-0.4, -0.2) is 42.5 Å². The molecule has 2 aliphatic rings. The van der Waals surface area contributed by atoms with Gasteiger partial charge in [0.2, 0.25) is 5.91 Å². The van der Waals surface area contributed by atoms with Gasteiger partial charge in [-0.25, -0.2) is 4.39 Å². The van der Waals surface area contributed by atoms with Crippen LogP contribution in [0.25, 0.3) is 0 Å². The molecule has 2 aromatic rings. The van der Waals surface area contributed by atoms with Gasteiger partial charge < -0.3 is 15.0 Å². The zero-order valence-corrected chi connectivity index (χ0v) is 19.0. The van der Waals surface area contributed by atoms with Gasteiger partial charge in [0.25, 0.3) is 5.91 Å². The maximum Gasteiger partial charge on any atom is 0.258 e. The summed E-state index contributed by atoms with van der Waals surface area (Å²) < 4.78 is 18.8. The van der Waals surface area contributed by atoms with Crippen LogP contribution in [0.2, 0.25) is 10.0 Å². The third-order valence-electron chi connectivity index (χ3n) is 6.24. The molecular formula is C24H25Cl2FN2O3. The first-order valence-corrected chi connectivity index (χ1v) is 11.6. The number of halogens is 3. The summed E-state index contributed by atoms with van der Waals surface area (Å²) >= 11 is 11.6. The zero-order chi connectivity index (χ0) is 22.7. The van der Waals surface area contributed by atoms with Crippen molar-refractivity contribution in [1.29, 1.82) is 0 Å². The predicted molar refractivity (Wildman–Crippen MR) is 122 cm³/mol. The summed E-state index contributed by atoms with van der Waals surface area (Å²) in [7, 11) is 0. The molecule has 0 radical (unpaired) electrons. The lowest BCUT2D eigenvalue weighted by molar-refractivity contribution is -0.141. The van der Waals surface area contributed by atoms with E-state index >= 15 is 0 Å². The Bertz CT molecular complexity index is 972. The Morgan fingerprint density at radius 2 is 1.72 bits per heavy atom. The number of hydrogen-bond acceptors (Lipinski definition) is 3. The minimum atomic E-state index is -0.589. The van der Waals surface area contributed by atoms with Crippen LogP contribution in [0.3, 0.4) is 0 Å². The van der Waals surface area contributed by atoms with Crippen molar-refractivity contribution < 1.29 is 18.7 Å². The van der Waals surface area contributed by atoms with Crippen molar-refractivity contribution in [3.63, 3.8) is 0 Å². The van der Waals surface area contributed by atoms with Gasteiger partial charge >= 0.3 is 0 Å². The van der Waals surface area contributed by atoms with Crippen molar-refractivity contribution in [1.82, 2.24) is 10.2 Å². The lowest BCUT2D eigenvalue weighted by Crippen LogP contribution is -2.51. The van der Waals surface area contributed by atoms with E-state index < -0.39 is 5.82 Å². The largest absolute Gasteiger partial charge is 0.484 e. The monoisotopic (exact) mass is 478 g/mol. The van der Waals surface area contributed by atoms with Crippen LogP contribution in [-0.2, 0) is 9.59 Å². The minimum absolute atomic E-state index is 0.00633. The number of benzene rings is 2. The molecule has 8 heteroatoms. The highest BCUT2D eigenvalue weighted by Crippen LogP contribution is 2.32. The Hall–Kier alpha value is -2.31. The number of rotatable bonds is 6. The highest BCUT2D eigenvalue weighted by Gasteiger charge is 2.36. The fourth-order valence-corrected chi connectivity index (χ4v) is 4.58. The summed E-state index contributed by atoms with van der Waals surface area (Å²) in [5.41, 5.74) is 1.22. The molecule has 1 saturated carbocycles. The van der Waals surface area contributed by atoms with E-state index in [1.54, 1.807) is 0 Å². The van der Waals surface area contributed by atoms with Crippen LogP contribution in [0, 0.1) is 11.7 Å². The average molecular weight is 479 g/mol. The number of likely N-dealkylation sites (tertiary alicyclic amines) is 1. The molecule has 1 N–H and O–H groups in total. The van der Waals surface area contributed by atoms with E-state index in [-0.39, 0.29) is 41.2 Å². The second-order valence-corrected chi connectivity index (χ2v) is 9.32. The standard InChI is InChI=1S/C24H25Cl2FN2O3/c25-18-5-1-15(2-6-18)17-12-29(13-17)24(31)16-3-7-19(8-4-16)28-23(30)14-32-20-9-10-21(26)22(27)11-20/h1-2,5-6,9-11,16-17,19H,3-4,7-8,12-14H2,(H,28,30)/t16-,19+. The molecule has 0 spiro atoms. The third-order valence-corrected chi connectivity index (χ3v) is 6.80. The molecule has 170 valence electrons. The van der Waals surface area contributed by atoms with Gasteiger partial charge in [-0.3, -0.25) is 9.59 Å². The number of carbonyl (C=O) groups excluding carboxylic acids is 2. The molecule has 5 nitrogen and oxygen atoms in total. The summed E-state index contributed by atoms with van der Waals surface area (Å²) in [5.74, 6) is 0.0115. The summed E-state index contributed by atoms with van der Waals surface area (Å²) in [6, 6.07) is 11.9. The van der Waals surface area contributed by atoms with Crippen molar-refractivity contribution in [2.24, 2.45) is 5.92 Å². The summed E-state index contributed by atoms with van der Waals surface area (Å²) in [5, 5.41) is 3.67. The lowest BCUT2D eigenvalue weighted by Gasteiger charge is -2.42. The van der Waals surface area contributed by atoms with Gasteiger partial charge in [0.1, 0.15) is 11.6 Å². The Kier molecular flexibility index (Phi) is 7.21. The smallest absolute Gasteiger partial charge is 0.258 e. The van der Waals surface area contributed by atoms with E-state index in [4.69, 9.17) is 27.9 Å². The fourth-order valence-electron chi connectivity index (χ4n) is 4.33. The molecule has 0 bridgehead atoms. The Morgan fingerprint density at radius 1 is 1.03 bits per heavy atom. The molecule has 2 aromatic carbocycles. The number of hydrogen-bond donors (Lipinski definition) is 1. The van der Waals surface area contributed by atoms with Crippen LogP contribution in [0.4, 0.5) is 4.39 Å². The minimum Gasteiger partial charge on any atom is -0.484 e. The van der Waals surface area contributed by atoms with E-state index in [1.807, 2.05) is 29.2 Å². The van der Waals surface area contributed by atoms with Gasteiger partial charge in [-0.2, -0.15) is 0 Å². The van der Waals surface area contributed by atoms with E-state index in [9.17, 15) is 14.0 Å². The maximum absolute atomic E-state index is 13.4. The summed E-state index contributed by atoms with van der Waals surface area (Å²) in [6.07, 6.45) is 3.03. The van der Waals surface area contributed by atoms with Gasteiger partial charge in [-0.15, -0.1) is 0 Å². The number of carbonyl (C=O) groups is 2. The second-order valence-electron chi connectivity index (χ2n) is 8.47. The average Bonchev–Trinajstić information content (AvgIpc) is 2.75. The molecule has 32 heavy (non-hydrogen) atoms. The van der Waals surface area contributed by atoms with Gasteiger partial charge in [0.05, 0.1) is 5.02 Å². The van der Waals surface area contributed by atoms with E-state index in [0.29, 0.717) is 5.92 Å². The first kappa shape index (κ1) is 22.9. The van der Waals surface area contributed by atoms with Crippen molar-refractivity contribution in [3.8, 4) is 5.75 Å². The molecule has 1 saturated heterocycles. The molecule has 0 unspecified atom stereocenters. The van der Waals surface area contributed by atoms with E-state index in [2.05, 4.69) is 5.32 Å². The highest BCUT2D eigenvalue weighted by atomic mass is 35.5. The topological polar surface area (TPSA) is 58.6 Å². The Labute approximate surface area is 196 Å². The number of nitrogens with zero attached hydrogens (tertiary/aromatic N) is 1. The SMILES string of the molecule is O=C(COc1ccc(Cl)c(F)c1)N[C@H]1CC[C@@H](C(=O)N2CC(c3ccc(Cl)cc3)C2)CC1. The van der Waals surface area contributed by atoms with Crippen molar-refractivity contribution >= 4 is 35.0 Å². The van der Waals surface area contributed by atoms with Crippen LogP contribution in [0.5, 0.6) is 5.75 Å². The highest BCUT2D eigenvalue weighted by molar-refractivity contribution is 6.30. The van der Waals surface area contributed by atoms with E-state index in [0.717, 1.165) is 49.9 Å². The van der Waals surface area contributed by atoms with Crippen molar-refractivity contribution in [2.75, 3.05) is 19.7 Å². The number of ether oxygens (including phenoxy) is 1. The van der Waals surface area contributed by atoms with Crippen molar-refractivity contribution in [2.45, 2.75) is 37.6 Å². The predicted octanol–water partition coefficient (Wildman–Crippen LogP) is 4.81. The first-order valence-electron chi connectivity index (χ1n) is 10.8. The molecule has 1 heterocycles. The van der Waals surface area contributed by atoms with Crippen LogP contribution < -0.4 is 10.1 Å². The van der Waals surface area contributed by atoms with Gasteiger partial charge in [-0.05, 0) is 55.5 Å². The molecule has 2 amide bonds. The molecule has 4 rings (SSSR count). The molecule has 1 aliphatic carbocycles. The Balaban J connectivity index is 1.16. The normalized spacial score (nSPS) is 21.0. The van der Waals surface area contributed by atoms with E-state index in [1.165, 1.54) is 17.7 Å². The van der Waals surface area contributed by atoms with Gasteiger partial charge in [0.15, 0.2) is 6.61 Å². The fraction of sp³-hybridized carbons (Fsp3) is 0.417. The molecule has 1 aliphatic heterocycles. The molecule has 0 atom stereocenters. The van der Waals surface area contributed by atoms with Crippen LogP contribution >= 0.6 is 23.2 Å². The number of nitrogens with one attached hydrogen (secondary N) is 1. The van der Waals surface area contributed by atoms with Crippen LogP contribution in [0.15, 0.2) is 42.5 Å². The summed E-state index contributed by atoms with van der Waals surface area (Å²) in [6.45, 7) is 1.30. The van der Waals surface area contributed by atoms with Crippen molar-refractivity contribution in [3.05, 3.63) is 63.9 Å². The Morgan fingerprint density at radius 3 is 2.38 bits per heavy atom.